The van der Waals surface area contributed by atoms with Crippen molar-refractivity contribution in [1.29, 1.82) is 0 Å². The topological polar surface area (TPSA) is 114 Å². The van der Waals surface area contributed by atoms with Crippen LogP contribution in [-0.4, -0.2) is 64.2 Å². The highest BCUT2D eigenvalue weighted by molar-refractivity contribution is 6.04. The van der Waals surface area contributed by atoms with Crippen LogP contribution in [-0.2, 0) is 15.7 Å². The molecule has 1 atom stereocenters. The standard InChI is InChI=1S/C26H24F3N7O3/c1-15-19(11-18(13-32-15)33-24(37)16-4-3-5-17(10-16)26(27,28)29)20-12-21(23-31-6-7-36(23)34-20)35-8-9-39-22(14-35)25(38)30-2/h3-7,10-13,22H,8-9,14H2,1-2H3,(H,30,38)(H,33,37). The van der Waals surface area contributed by atoms with Crippen LogP contribution >= 0.6 is 0 Å². The number of aryl methyl sites for hydroxylation is 1. The number of hydrogen-bond acceptors (Lipinski definition) is 7. The van der Waals surface area contributed by atoms with E-state index in [0.717, 1.165) is 17.8 Å². The van der Waals surface area contributed by atoms with E-state index in [0.29, 0.717) is 42.3 Å². The third kappa shape index (κ3) is 5.39. The van der Waals surface area contributed by atoms with Gasteiger partial charge < -0.3 is 20.3 Å². The Balaban J connectivity index is 1.47. The quantitative estimate of drug-likeness (QED) is 0.400. The molecular formula is C26H24F3N7O3. The molecule has 13 heteroatoms. The summed E-state index contributed by atoms with van der Waals surface area (Å²) in [5, 5.41) is 9.88. The van der Waals surface area contributed by atoms with Crippen molar-refractivity contribution < 1.29 is 27.5 Å². The molecular weight excluding hydrogens is 515 g/mol. The van der Waals surface area contributed by atoms with E-state index in [1.54, 1.807) is 36.9 Å². The van der Waals surface area contributed by atoms with Crippen LogP contribution in [0.2, 0.25) is 0 Å². The number of rotatable bonds is 5. The van der Waals surface area contributed by atoms with Crippen molar-refractivity contribution in [3.63, 3.8) is 0 Å². The predicted octanol–water partition coefficient (Wildman–Crippen LogP) is 3.32. The normalized spacial score (nSPS) is 15.8. The number of aromatic nitrogens is 4. The third-order valence-corrected chi connectivity index (χ3v) is 6.36. The summed E-state index contributed by atoms with van der Waals surface area (Å²) in [7, 11) is 1.55. The summed E-state index contributed by atoms with van der Waals surface area (Å²) in [6.45, 7) is 2.98. The van der Waals surface area contributed by atoms with Gasteiger partial charge in [-0.2, -0.15) is 18.3 Å². The van der Waals surface area contributed by atoms with Crippen LogP contribution in [0.25, 0.3) is 16.9 Å². The van der Waals surface area contributed by atoms with Crippen molar-refractivity contribution in [3.05, 3.63) is 71.8 Å². The van der Waals surface area contributed by atoms with Crippen LogP contribution < -0.4 is 15.5 Å². The molecule has 0 radical (unpaired) electrons. The zero-order valence-corrected chi connectivity index (χ0v) is 21.0. The Labute approximate surface area is 220 Å². The zero-order valence-electron chi connectivity index (χ0n) is 21.0. The van der Waals surface area contributed by atoms with Gasteiger partial charge in [0, 0.05) is 42.8 Å². The van der Waals surface area contributed by atoms with Crippen molar-refractivity contribution in [2.75, 3.05) is 37.0 Å². The van der Waals surface area contributed by atoms with Crippen LogP contribution in [0.4, 0.5) is 24.5 Å². The summed E-state index contributed by atoms with van der Waals surface area (Å²) in [4.78, 5) is 35.7. The van der Waals surface area contributed by atoms with E-state index in [1.165, 1.54) is 18.3 Å². The van der Waals surface area contributed by atoms with Crippen LogP contribution in [0, 0.1) is 6.92 Å². The lowest BCUT2D eigenvalue weighted by molar-refractivity contribution is -0.137. The molecule has 0 bridgehead atoms. The number of ether oxygens (including phenoxy) is 1. The molecule has 1 aliphatic rings. The number of nitrogens with zero attached hydrogens (tertiary/aromatic N) is 5. The van der Waals surface area contributed by atoms with E-state index in [1.807, 2.05) is 11.0 Å². The van der Waals surface area contributed by atoms with Crippen LogP contribution in [0.15, 0.2) is 55.0 Å². The summed E-state index contributed by atoms with van der Waals surface area (Å²) in [6.07, 6.45) is -0.472. The highest BCUT2D eigenvalue weighted by atomic mass is 19.4. The number of anilines is 2. The van der Waals surface area contributed by atoms with Crippen molar-refractivity contribution in [2.45, 2.75) is 19.2 Å². The lowest BCUT2D eigenvalue weighted by Gasteiger charge is -2.33. The number of hydrogen-bond donors (Lipinski definition) is 2. The first-order valence-electron chi connectivity index (χ1n) is 12.0. The molecule has 4 heterocycles. The molecule has 0 aliphatic carbocycles. The van der Waals surface area contributed by atoms with E-state index in [9.17, 15) is 22.8 Å². The van der Waals surface area contributed by atoms with Crippen LogP contribution in [0.3, 0.4) is 0 Å². The van der Waals surface area contributed by atoms with E-state index in [-0.39, 0.29) is 17.2 Å². The van der Waals surface area contributed by atoms with Crippen molar-refractivity contribution >= 4 is 28.8 Å². The fourth-order valence-electron chi connectivity index (χ4n) is 4.35. The van der Waals surface area contributed by atoms with Gasteiger partial charge in [-0.25, -0.2) is 9.50 Å². The number of amides is 2. The molecule has 0 saturated carbocycles. The number of benzene rings is 1. The largest absolute Gasteiger partial charge is 0.416 e. The Morgan fingerprint density at radius 2 is 1.97 bits per heavy atom. The number of carbonyl (C=O) groups is 2. The van der Waals surface area contributed by atoms with Gasteiger partial charge >= 0.3 is 6.18 Å². The maximum absolute atomic E-state index is 13.1. The Morgan fingerprint density at radius 3 is 2.74 bits per heavy atom. The fourth-order valence-corrected chi connectivity index (χ4v) is 4.35. The second-order valence-electron chi connectivity index (χ2n) is 8.92. The van der Waals surface area contributed by atoms with Gasteiger partial charge in [0.2, 0.25) is 0 Å². The smallest absolute Gasteiger partial charge is 0.365 e. The number of alkyl halides is 3. The molecule has 1 aliphatic heterocycles. The fraction of sp³-hybridized carbons (Fsp3) is 0.269. The molecule has 1 unspecified atom stereocenters. The maximum atomic E-state index is 13.1. The van der Waals surface area contributed by atoms with Gasteiger partial charge in [-0.1, -0.05) is 6.07 Å². The molecule has 5 rings (SSSR count). The summed E-state index contributed by atoms with van der Waals surface area (Å²) in [5.41, 5.74) is 2.32. The molecule has 202 valence electrons. The van der Waals surface area contributed by atoms with Gasteiger partial charge in [-0.3, -0.25) is 14.6 Å². The summed E-state index contributed by atoms with van der Waals surface area (Å²) in [5.74, 6) is -0.928. The number of halogens is 3. The molecule has 3 aromatic heterocycles. The Kier molecular flexibility index (Phi) is 6.91. The minimum atomic E-state index is -4.56. The first-order valence-corrected chi connectivity index (χ1v) is 12.0. The Bertz CT molecular complexity index is 1550. The highest BCUT2D eigenvalue weighted by Gasteiger charge is 2.31. The minimum Gasteiger partial charge on any atom is -0.365 e. The lowest BCUT2D eigenvalue weighted by Crippen LogP contribution is -2.49. The molecule has 2 N–H and O–H groups in total. The Hall–Kier alpha value is -4.52. The van der Waals surface area contributed by atoms with Gasteiger partial charge in [-0.15, -0.1) is 0 Å². The molecule has 39 heavy (non-hydrogen) atoms. The first kappa shape index (κ1) is 26.1. The van der Waals surface area contributed by atoms with Gasteiger partial charge in [0.05, 0.1) is 42.0 Å². The average molecular weight is 540 g/mol. The van der Waals surface area contributed by atoms with Gasteiger partial charge in [0.25, 0.3) is 11.8 Å². The summed E-state index contributed by atoms with van der Waals surface area (Å²) in [6, 6.07) is 7.69. The third-order valence-electron chi connectivity index (χ3n) is 6.36. The van der Waals surface area contributed by atoms with Crippen molar-refractivity contribution in [2.24, 2.45) is 0 Å². The average Bonchev–Trinajstić information content (AvgIpc) is 3.41. The van der Waals surface area contributed by atoms with Crippen molar-refractivity contribution in [1.82, 2.24) is 24.9 Å². The molecule has 0 spiro atoms. The predicted molar refractivity (Wildman–Crippen MR) is 136 cm³/mol. The second-order valence-corrected chi connectivity index (χ2v) is 8.92. The number of morpholine rings is 1. The number of fused-ring (bicyclic) bond motifs is 1. The molecule has 10 nitrogen and oxygen atoms in total. The van der Waals surface area contributed by atoms with Gasteiger partial charge in [0.1, 0.15) is 0 Å². The van der Waals surface area contributed by atoms with Gasteiger partial charge in [-0.05, 0) is 37.3 Å². The van der Waals surface area contributed by atoms with Crippen LogP contribution in [0.1, 0.15) is 21.6 Å². The number of pyridine rings is 1. The number of nitrogens with one attached hydrogen (secondary N) is 2. The minimum absolute atomic E-state index is 0.134. The molecule has 2 amide bonds. The SMILES string of the molecule is CNC(=O)C1CN(c2cc(-c3cc(NC(=O)c4cccc(C(F)(F)F)c4)cnc3C)nn3ccnc23)CCO1. The summed E-state index contributed by atoms with van der Waals surface area (Å²) >= 11 is 0. The number of likely N-dealkylation sites (N-methyl/N-ethyl adjacent to an activating group) is 1. The highest BCUT2D eigenvalue weighted by Crippen LogP contribution is 2.31. The maximum Gasteiger partial charge on any atom is 0.416 e. The number of imidazole rings is 1. The first-order chi connectivity index (χ1) is 18.6. The molecule has 1 fully saturated rings. The number of carbonyl (C=O) groups excluding carboxylic acids is 2. The second kappa shape index (κ2) is 10.3. The van der Waals surface area contributed by atoms with Crippen molar-refractivity contribution in [3.8, 4) is 11.3 Å². The van der Waals surface area contributed by atoms with E-state index >= 15 is 0 Å². The van der Waals surface area contributed by atoms with E-state index in [2.05, 4.69) is 25.7 Å². The molecule has 4 aromatic rings. The Morgan fingerprint density at radius 1 is 1.15 bits per heavy atom. The van der Waals surface area contributed by atoms with E-state index < -0.39 is 23.8 Å². The van der Waals surface area contributed by atoms with E-state index in [4.69, 9.17) is 4.74 Å². The lowest BCUT2D eigenvalue weighted by atomic mass is 10.1. The molecule has 1 aromatic carbocycles. The van der Waals surface area contributed by atoms with Gasteiger partial charge in [0.15, 0.2) is 11.8 Å². The molecule has 1 saturated heterocycles. The zero-order chi connectivity index (χ0) is 27.7. The summed E-state index contributed by atoms with van der Waals surface area (Å²) < 4.78 is 46.5. The monoisotopic (exact) mass is 539 g/mol. The van der Waals surface area contributed by atoms with Crippen LogP contribution in [0.5, 0.6) is 0 Å².